The molecular weight excluding hydrogens is 420 g/mol. The van der Waals surface area contributed by atoms with Crippen molar-refractivity contribution in [2.24, 2.45) is 0 Å². The Morgan fingerprint density at radius 3 is 2.59 bits per heavy atom. The van der Waals surface area contributed by atoms with Gasteiger partial charge >= 0.3 is 0 Å². The Morgan fingerprint density at radius 1 is 1.09 bits per heavy atom. The summed E-state index contributed by atoms with van der Waals surface area (Å²) in [5.74, 6) is 0.707. The number of hydrogen-bond acceptors (Lipinski definition) is 5. The standard InChI is InChI=1S/C25H26N4O2S/c1-5-12-28-17(3)13-20(18(28)4)22(30)15-32-25-27-21-9-7-6-8-19(21)24(31)29(25)23-11-10-16(2)14-26-23/h6-11,13-14H,5,12,15H2,1-4H3. The summed E-state index contributed by atoms with van der Waals surface area (Å²) in [7, 11) is 0. The Balaban J connectivity index is 1.72. The van der Waals surface area contributed by atoms with E-state index >= 15 is 0 Å². The van der Waals surface area contributed by atoms with Gasteiger partial charge in [0.25, 0.3) is 5.56 Å². The quantitative estimate of drug-likeness (QED) is 0.230. The van der Waals surface area contributed by atoms with E-state index in [1.165, 1.54) is 16.3 Å². The van der Waals surface area contributed by atoms with Crippen LogP contribution in [0.5, 0.6) is 0 Å². The van der Waals surface area contributed by atoms with Crippen LogP contribution in [0.4, 0.5) is 0 Å². The molecule has 0 radical (unpaired) electrons. The van der Waals surface area contributed by atoms with Crippen molar-refractivity contribution < 1.29 is 4.79 Å². The zero-order valence-corrected chi connectivity index (χ0v) is 19.6. The molecule has 0 bridgehead atoms. The molecule has 4 rings (SSSR count). The lowest BCUT2D eigenvalue weighted by Crippen LogP contribution is -2.23. The average molecular weight is 447 g/mol. The Morgan fingerprint density at radius 2 is 1.88 bits per heavy atom. The maximum Gasteiger partial charge on any atom is 0.267 e. The van der Waals surface area contributed by atoms with E-state index in [0.29, 0.717) is 21.9 Å². The maximum atomic E-state index is 13.3. The predicted molar refractivity (Wildman–Crippen MR) is 129 cm³/mol. The maximum absolute atomic E-state index is 13.3. The van der Waals surface area contributed by atoms with Crippen LogP contribution in [0.3, 0.4) is 0 Å². The highest BCUT2D eigenvalue weighted by Crippen LogP contribution is 2.24. The topological polar surface area (TPSA) is 69.8 Å². The molecule has 0 saturated carbocycles. The van der Waals surface area contributed by atoms with Crippen LogP contribution in [0.25, 0.3) is 16.7 Å². The first kappa shape index (κ1) is 22.0. The van der Waals surface area contributed by atoms with Gasteiger partial charge < -0.3 is 4.57 Å². The second kappa shape index (κ2) is 9.12. The zero-order valence-electron chi connectivity index (χ0n) is 18.8. The van der Waals surface area contributed by atoms with Crippen LogP contribution >= 0.6 is 11.8 Å². The molecule has 0 amide bonds. The summed E-state index contributed by atoms with van der Waals surface area (Å²) in [5, 5.41) is 0.981. The van der Waals surface area contributed by atoms with Crippen LogP contribution in [-0.2, 0) is 6.54 Å². The Hall–Kier alpha value is -3.19. The van der Waals surface area contributed by atoms with E-state index in [1.54, 1.807) is 18.3 Å². The highest BCUT2D eigenvalue weighted by atomic mass is 32.2. The van der Waals surface area contributed by atoms with E-state index in [1.807, 2.05) is 51.1 Å². The van der Waals surface area contributed by atoms with Crippen molar-refractivity contribution in [3.05, 3.63) is 81.5 Å². The minimum Gasteiger partial charge on any atom is -0.348 e. The fourth-order valence-corrected chi connectivity index (χ4v) is 4.75. The number of pyridine rings is 1. The number of ketones is 1. The molecule has 32 heavy (non-hydrogen) atoms. The predicted octanol–water partition coefficient (Wildman–Crippen LogP) is 4.89. The second-order valence-corrected chi connectivity index (χ2v) is 8.84. The number of carbonyl (C=O) groups is 1. The monoisotopic (exact) mass is 446 g/mol. The van der Waals surface area contributed by atoms with Crippen molar-refractivity contribution in [3.8, 4) is 5.82 Å². The van der Waals surface area contributed by atoms with Crippen LogP contribution in [0.15, 0.2) is 58.6 Å². The van der Waals surface area contributed by atoms with E-state index in [0.717, 1.165) is 35.5 Å². The minimum absolute atomic E-state index is 0.0243. The molecule has 4 aromatic rings. The minimum atomic E-state index is -0.192. The molecule has 7 heteroatoms. The van der Waals surface area contributed by atoms with Crippen molar-refractivity contribution in [2.45, 2.75) is 45.8 Å². The number of hydrogen-bond donors (Lipinski definition) is 0. The number of thioether (sulfide) groups is 1. The van der Waals surface area contributed by atoms with Crippen LogP contribution in [0.2, 0.25) is 0 Å². The van der Waals surface area contributed by atoms with Crippen molar-refractivity contribution in [1.82, 2.24) is 19.1 Å². The molecule has 0 aliphatic heterocycles. The molecule has 3 aromatic heterocycles. The Kier molecular flexibility index (Phi) is 6.28. The van der Waals surface area contributed by atoms with Crippen molar-refractivity contribution in [3.63, 3.8) is 0 Å². The molecule has 164 valence electrons. The van der Waals surface area contributed by atoms with Gasteiger partial charge in [-0.3, -0.25) is 9.59 Å². The van der Waals surface area contributed by atoms with Gasteiger partial charge in [0.2, 0.25) is 0 Å². The molecule has 0 spiro atoms. The SMILES string of the molecule is CCCn1c(C)cc(C(=O)CSc2nc3ccccc3c(=O)n2-c2ccc(C)cn2)c1C. The van der Waals surface area contributed by atoms with Gasteiger partial charge in [0, 0.05) is 29.7 Å². The summed E-state index contributed by atoms with van der Waals surface area (Å²) in [6, 6.07) is 12.9. The first-order chi connectivity index (χ1) is 15.4. The summed E-state index contributed by atoms with van der Waals surface area (Å²) in [6.07, 6.45) is 2.73. The molecule has 0 atom stereocenters. The fraction of sp³-hybridized carbons (Fsp3) is 0.280. The van der Waals surface area contributed by atoms with Gasteiger partial charge in [-0.25, -0.2) is 14.5 Å². The van der Waals surface area contributed by atoms with E-state index < -0.39 is 0 Å². The zero-order chi connectivity index (χ0) is 22.8. The first-order valence-electron chi connectivity index (χ1n) is 10.7. The van der Waals surface area contributed by atoms with Crippen molar-refractivity contribution in [1.29, 1.82) is 0 Å². The normalized spacial score (nSPS) is 11.2. The summed E-state index contributed by atoms with van der Waals surface area (Å²) < 4.78 is 3.68. The fourth-order valence-electron chi connectivity index (χ4n) is 3.86. The third-order valence-corrected chi connectivity index (χ3v) is 6.46. The number of carbonyl (C=O) groups excluding carboxylic acids is 1. The van der Waals surface area contributed by atoms with E-state index in [-0.39, 0.29) is 17.1 Å². The molecule has 1 aromatic carbocycles. The number of aromatic nitrogens is 4. The smallest absolute Gasteiger partial charge is 0.267 e. The van der Waals surface area contributed by atoms with E-state index in [4.69, 9.17) is 4.98 Å². The van der Waals surface area contributed by atoms with E-state index in [9.17, 15) is 9.59 Å². The van der Waals surface area contributed by atoms with Gasteiger partial charge in [-0.1, -0.05) is 36.9 Å². The van der Waals surface area contributed by atoms with Crippen LogP contribution in [-0.4, -0.2) is 30.6 Å². The van der Waals surface area contributed by atoms with E-state index in [2.05, 4.69) is 16.5 Å². The number of benzene rings is 1. The lowest BCUT2D eigenvalue weighted by molar-refractivity contribution is 0.102. The van der Waals surface area contributed by atoms with Gasteiger partial charge in [-0.05, 0) is 57.0 Å². The second-order valence-electron chi connectivity index (χ2n) is 7.89. The number of nitrogens with zero attached hydrogens (tertiary/aromatic N) is 4. The summed E-state index contributed by atoms with van der Waals surface area (Å²) in [4.78, 5) is 35.5. The van der Waals surface area contributed by atoms with Crippen LogP contribution < -0.4 is 5.56 Å². The third kappa shape index (κ3) is 4.12. The number of rotatable bonds is 7. The summed E-state index contributed by atoms with van der Waals surface area (Å²) in [6.45, 7) is 8.98. The lowest BCUT2D eigenvalue weighted by atomic mass is 10.2. The molecule has 0 saturated heterocycles. The van der Waals surface area contributed by atoms with Gasteiger partial charge in [-0.15, -0.1) is 0 Å². The summed E-state index contributed by atoms with van der Waals surface area (Å²) in [5.41, 5.74) is 4.22. The van der Waals surface area contributed by atoms with Gasteiger partial charge in [-0.2, -0.15) is 0 Å². The molecule has 0 aliphatic rings. The number of Topliss-reactive ketones (excluding diaryl/α,β-unsaturated/α-hetero) is 1. The number of aryl methyl sites for hydroxylation is 2. The third-order valence-electron chi connectivity index (χ3n) is 5.52. The highest BCUT2D eigenvalue weighted by molar-refractivity contribution is 7.99. The van der Waals surface area contributed by atoms with Gasteiger partial charge in [0.05, 0.1) is 16.7 Å². The number of para-hydroxylation sites is 1. The molecule has 0 fully saturated rings. The molecular formula is C25H26N4O2S. The van der Waals surface area contributed by atoms with Crippen LogP contribution in [0, 0.1) is 20.8 Å². The lowest BCUT2D eigenvalue weighted by Gasteiger charge is -2.12. The molecule has 6 nitrogen and oxygen atoms in total. The van der Waals surface area contributed by atoms with Gasteiger partial charge in [0.1, 0.15) is 5.82 Å². The average Bonchev–Trinajstić information content (AvgIpc) is 3.07. The van der Waals surface area contributed by atoms with Crippen LogP contribution in [0.1, 0.15) is 40.7 Å². The summed E-state index contributed by atoms with van der Waals surface area (Å²) >= 11 is 1.27. The molecule has 0 unspecified atom stereocenters. The van der Waals surface area contributed by atoms with Crippen molar-refractivity contribution in [2.75, 3.05) is 5.75 Å². The first-order valence-corrected chi connectivity index (χ1v) is 11.7. The van der Waals surface area contributed by atoms with Crippen molar-refractivity contribution >= 4 is 28.4 Å². The Labute approximate surface area is 191 Å². The molecule has 0 N–H and O–H groups in total. The highest BCUT2D eigenvalue weighted by Gasteiger charge is 2.19. The number of fused-ring (bicyclic) bond motifs is 1. The largest absolute Gasteiger partial charge is 0.348 e. The Bertz CT molecular complexity index is 1350. The van der Waals surface area contributed by atoms with Gasteiger partial charge in [0.15, 0.2) is 10.9 Å². The molecule has 0 aliphatic carbocycles. The molecule has 3 heterocycles.